The molecule has 1 saturated carbocycles. The molecule has 1 aromatic heterocycles. The zero-order chi connectivity index (χ0) is 13.8. The van der Waals surface area contributed by atoms with Crippen LogP contribution in [-0.2, 0) is 0 Å². The first-order valence-corrected chi connectivity index (χ1v) is 8.10. The van der Waals surface area contributed by atoms with Crippen LogP contribution in [0.2, 0.25) is 0 Å². The standard InChI is InChI=1S/C18H25NO/c1-2-12-19-18(14-8-4-3-5-9-14)17-13-15-10-6-7-11-16(15)20-17/h6-7,10-11,13-14,18-19H,2-5,8-9,12H2,1H3. The van der Waals surface area contributed by atoms with Gasteiger partial charge in [-0.1, -0.05) is 44.4 Å². The van der Waals surface area contributed by atoms with Gasteiger partial charge in [0.25, 0.3) is 0 Å². The maximum atomic E-state index is 6.12. The minimum Gasteiger partial charge on any atom is -0.459 e. The van der Waals surface area contributed by atoms with E-state index in [1.807, 2.05) is 6.07 Å². The molecular formula is C18H25NO. The van der Waals surface area contributed by atoms with Crippen molar-refractivity contribution >= 4 is 11.0 Å². The van der Waals surface area contributed by atoms with Gasteiger partial charge in [0.15, 0.2) is 0 Å². The fourth-order valence-corrected chi connectivity index (χ4v) is 3.42. The van der Waals surface area contributed by atoms with Crippen LogP contribution in [0.3, 0.4) is 0 Å². The molecule has 20 heavy (non-hydrogen) atoms. The van der Waals surface area contributed by atoms with E-state index in [-0.39, 0.29) is 0 Å². The van der Waals surface area contributed by atoms with Gasteiger partial charge >= 0.3 is 0 Å². The van der Waals surface area contributed by atoms with Crippen molar-refractivity contribution in [2.45, 2.75) is 51.5 Å². The van der Waals surface area contributed by atoms with Crippen molar-refractivity contribution in [3.63, 3.8) is 0 Å². The summed E-state index contributed by atoms with van der Waals surface area (Å²) >= 11 is 0. The average molecular weight is 271 g/mol. The molecule has 2 nitrogen and oxygen atoms in total. The maximum absolute atomic E-state index is 6.12. The van der Waals surface area contributed by atoms with Gasteiger partial charge < -0.3 is 9.73 Å². The van der Waals surface area contributed by atoms with Crippen molar-refractivity contribution in [2.75, 3.05) is 6.54 Å². The Hall–Kier alpha value is -1.28. The number of hydrogen-bond donors (Lipinski definition) is 1. The largest absolute Gasteiger partial charge is 0.459 e. The summed E-state index contributed by atoms with van der Waals surface area (Å²) in [7, 11) is 0. The molecule has 0 spiro atoms. The average Bonchev–Trinajstić information content (AvgIpc) is 2.92. The van der Waals surface area contributed by atoms with Crippen LogP contribution in [0.5, 0.6) is 0 Å². The highest BCUT2D eigenvalue weighted by Gasteiger charge is 2.27. The third-order valence-electron chi connectivity index (χ3n) is 4.49. The highest BCUT2D eigenvalue weighted by Crippen LogP contribution is 2.36. The van der Waals surface area contributed by atoms with E-state index in [1.165, 1.54) is 43.9 Å². The number of fused-ring (bicyclic) bond motifs is 1. The van der Waals surface area contributed by atoms with Crippen LogP contribution >= 0.6 is 0 Å². The van der Waals surface area contributed by atoms with Gasteiger partial charge in [-0.05, 0) is 43.9 Å². The molecule has 1 aliphatic rings. The normalized spacial score (nSPS) is 18.4. The van der Waals surface area contributed by atoms with E-state index >= 15 is 0 Å². The minimum absolute atomic E-state index is 0.391. The minimum atomic E-state index is 0.391. The van der Waals surface area contributed by atoms with Crippen molar-refractivity contribution in [1.82, 2.24) is 5.32 Å². The third kappa shape index (κ3) is 2.90. The molecule has 3 rings (SSSR count). The number of rotatable bonds is 5. The van der Waals surface area contributed by atoms with E-state index in [0.717, 1.165) is 23.8 Å². The predicted octanol–water partition coefficient (Wildman–Crippen LogP) is 5.05. The summed E-state index contributed by atoms with van der Waals surface area (Å²) in [6.45, 7) is 3.29. The highest BCUT2D eigenvalue weighted by atomic mass is 16.3. The summed E-state index contributed by atoms with van der Waals surface area (Å²) in [5.74, 6) is 1.86. The molecule has 0 amide bonds. The molecule has 0 radical (unpaired) electrons. The SMILES string of the molecule is CCCNC(c1cc2ccccc2o1)C1CCCCC1. The molecule has 1 aliphatic carbocycles. The number of hydrogen-bond acceptors (Lipinski definition) is 2. The van der Waals surface area contributed by atoms with E-state index in [4.69, 9.17) is 4.42 Å². The summed E-state index contributed by atoms with van der Waals surface area (Å²) < 4.78 is 6.12. The van der Waals surface area contributed by atoms with Crippen LogP contribution in [0.4, 0.5) is 0 Å². The van der Waals surface area contributed by atoms with Gasteiger partial charge in [-0.2, -0.15) is 0 Å². The van der Waals surface area contributed by atoms with E-state index in [1.54, 1.807) is 0 Å². The molecule has 2 heteroatoms. The first-order chi connectivity index (χ1) is 9.88. The second-order valence-electron chi connectivity index (χ2n) is 6.02. The molecule has 1 aromatic carbocycles. The van der Waals surface area contributed by atoms with Gasteiger partial charge in [0.1, 0.15) is 11.3 Å². The van der Waals surface area contributed by atoms with Crippen LogP contribution in [-0.4, -0.2) is 6.54 Å². The molecule has 1 N–H and O–H groups in total. The zero-order valence-corrected chi connectivity index (χ0v) is 12.4. The van der Waals surface area contributed by atoms with Crippen LogP contribution in [0.25, 0.3) is 11.0 Å². The molecular weight excluding hydrogens is 246 g/mol. The number of para-hydroxylation sites is 1. The Morgan fingerprint density at radius 3 is 2.75 bits per heavy atom. The van der Waals surface area contributed by atoms with E-state index in [2.05, 4.69) is 36.5 Å². The number of benzene rings is 1. The topological polar surface area (TPSA) is 25.2 Å². The Morgan fingerprint density at radius 1 is 1.20 bits per heavy atom. The lowest BCUT2D eigenvalue weighted by molar-refractivity contribution is 0.247. The third-order valence-corrected chi connectivity index (χ3v) is 4.49. The quantitative estimate of drug-likeness (QED) is 0.822. The van der Waals surface area contributed by atoms with Gasteiger partial charge in [0.2, 0.25) is 0 Å². The second-order valence-corrected chi connectivity index (χ2v) is 6.02. The van der Waals surface area contributed by atoms with Crippen molar-refractivity contribution < 1.29 is 4.42 Å². The van der Waals surface area contributed by atoms with Gasteiger partial charge in [0.05, 0.1) is 6.04 Å². The van der Waals surface area contributed by atoms with E-state index < -0.39 is 0 Å². The predicted molar refractivity (Wildman–Crippen MR) is 83.8 cm³/mol. The first-order valence-electron chi connectivity index (χ1n) is 8.10. The molecule has 1 heterocycles. The fraction of sp³-hybridized carbons (Fsp3) is 0.556. The van der Waals surface area contributed by atoms with Crippen LogP contribution < -0.4 is 5.32 Å². The molecule has 1 fully saturated rings. The molecule has 2 aromatic rings. The summed E-state index contributed by atoms with van der Waals surface area (Å²) in [5.41, 5.74) is 1.02. The summed E-state index contributed by atoms with van der Waals surface area (Å²) in [6.07, 6.45) is 7.97. The molecule has 0 saturated heterocycles. The molecule has 0 bridgehead atoms. The Balaban J connectivity index is 1.86. The zero-order valence-electron chi connectivity index (χ0n) is 12.4. The monoisotopic (exact) mass is 271 g/mol. The fourth-order valence-electron chi connectivity index (χ4n) is 3.42. The van der Waals surface area contributed by atoms with E-state index in [0.29, 0.717) is 6.04 Å². The van der Waals surface area contributed by atoms with E-state index in [9.17, 15) is 0 Å². The Labute approximate surface area is 121 Å². The van der Waals surface area contributed by atoms with Gasteiger partial charge in [-0.25, -0.2) is 0 Å². The Kier molecular flexibility index (Phi) is 4.41. The number of furan rings is 1. The number of nitrogens with one attached hydrogen (secondary N) is 1. The highest BCUT2D eigenvalue weighted by molar-refractivity contribution is 5.77. The lowest BCUT2D eigenvalue weighted by Crippen LogP contribution is -2.30. The summed E-state index contributed by atoms with van der Waals surface area (Å²) in [4.78, 5) is 0. The summed E-state index contributed by atoms with van der Waals surface area (Å²) in [5, 5.41) is 4.95. The second kappa shape index (κ2) is 6.45. The maximum Gasteiger partial charge on any atom is 0.134 e. The first kappa shape index (κ1) is 13.7. The van der Waals surface area contributed by atoms with Crippen molar-refractivity contribution in [3.8, 4) is 0 Å². The van der Waals surface area contributed by atoms with Crippen molar-refractivity contribution in [3.05, 3.63) is 36.1 Å². The van der Waals surface area contributed by atoms with Crippen LogP contribution in [0.15, 0.2) is 34.7 Å². The van der Waals surface area contributed by atoms with Gasteiger partial charge in [-0.15, -0.1) is 0 Å². The molecule has 108 valence electrons. The Bertz CT molecular complexity index is 506. The lowest BCUT2D eigenvalue weighted by Gasteiger charge is -2.29. The van der Waals surface area contributed by atoms with Gasteiger partial charge in [-0.3, -0.25) is 0 Å². The van der Waals surface area contributed by atoms with Crippen LogP contribution in [0.1, 0.15) is 57.3 Å². The smallest absolute Gasteiger partial charge is 0.134 e. The summed E-state index contributed by atoms with van der Waals surface area (Å²) in [6, 6.07) is 11.0. The lowest BCUT2D eigenvalue weighted by atomic mass is 9.83. The molecule has 0 aliphatic heterocycles. The van der Waals surface area contributed by atoms with Crippen molar-refractivity contribution in [1.29, 1.82) is 0 Å². The molecule has 1 atom stereocenters. The van der Waals surface area contributed by atoms with Gasteiger partial charge in [0, 0.05) is 5.39 Å². The Morgan fingerprint density at radius 2 is 2.00 bits per heavy atom. The van der Waals surface area contributed by atoms with Crippen LogP contribution in [0, 0.1) is 5.92 Å². The molecule has 1 unspecified atom stereocenters. The van der Waals surface area contributed by atoms with Crippen molar-refractivity contribution in [2.24, 2.45) is 5.92 Å².